The van der Waals surface area contributed by atoms with Gasteiger partial charge in [0.15, 0.2) is 0 Å². The Morgan fingerprint density at radius 1 is 0.521 bits per heavy atom. The number of piperazine rings is 1. The zero-order valence-electron chi connectivity index (χ0n) is 26.7. The van der Waals surface area contributed by atoms with E-state index in [9.17, 15) is 9.59 Å². The summed E-state index contributed by atoms with van der Waals surface area (Å²) in [4.78, 5) is 31.7. The predicted octanol–water partition coefficient (Wildman–Crippen LogP) is 6.01. The summed E-state index contributed by atoms with van der Waals surface area (Å²) in [6.07, 6.45) is 3.57. The maximum atomic E-state index is 14.1. The fraction of sp³-hybridized carbons (Fsp3) is 0.158. The molecular weight excluding hydrogens is 604 g/mol. The Balaban J connectivity index is 1.14. The molecule has 10 nitrogen and oxygen atoms in total. The van der Waals surface area contributed by atoms with Crippen molar-refractivity contribution in [1.82, 2.24) is 29.4 Å². The fourth-order valence-electron chi connectivity index (χ4n) is 5.86. The summed E-state index contributed by atoms with van der Waals surface area (Å²) in [5, 5.41) is 9.66. The molecule has 1 aliphatic heterocycles. The summed E-state index contributed by atoms with van der Waals surface area (Å²) in [6, 6.07) is 34.5. The molecule has 0 saturated carbocycles. The van der Waals surface area contributed by atoms with Crippen molar-refractivity contribution in [2.75, 3.05) is 40.4 Å². The van der Waals surface area contributed by atoms with Gasteiger partial charge in [-0.05, 0) is 72.8 Å². The van der Waals surface area contributed by atoms with Crippen LogP contribution in [0.4, 0.5) is 0 Å². The van der Waals surface area contributed by atoms with Gasteiger partial charge in [-0.3, -0.25) is 9.59 Å². The van der Waals surface area contributed by atoms with E-state index >= 15 is 0 Å². The number of hydrogen-bond acceptors (Lipinski definition) is 6. The Morgan fingerprint density at radius 3 is 1.21 bits per heavy atom. The van der Waals surface area contributed by atoms with Crippen molar-refractivity contribution in [2.45, 2.75) is 0 Å². The topological polar surface area (TPSA) is 94.7 Å². The van der Waals surface area contributed by atoms with Crippen LogP contribution in [0, 0.1) is 0 Å². The number of rotatable bonds is 8. The second-order valence-corrected chi connectivity index (χ2v) is 11.4. The third-order valence-corrected chi connectivity index (χ3v) is 8.51. The van der Waals surface area contributed by atoms with Gasteiger partial charge in [-0.25, -0.2) is 9.36 Å². The lowest BCUT2D eigenvalue weighted by Crippen LogP contribution is -2.50. The Morgan fingerprint density at radius 2 is 0.875 bits per heavy atom. The highest BCUT2D eigenvalue weighted by Crippen LogP contribution is 2.29. The monoisotopic (exact) mass is 638 g/mol. The van der Waals surface area contributed by atoms with Crippen molar-refractivity contribution in [3.63, 3.8) is 0 Å². The van der Waals surface area contributed by atoms with Gasteiger partial charge in [0.25, 0.3) is 11.8 Å². The standard InChI is InChI=1S/C38H34N6O4/c1-47-31-17-13-27(14-18-31)35-33(25-43(39-35)29-9-5-3-6-10-29)37(45)41-21-23-42(24-22-41)38(46)34-26-44(30-11-7-4-8-12-30)40-36(34)28-15-19-32(48-2)20-16-28/h3-20,25-26H,21-24H2,1-2H3. The zero-order valence-corrected chi connectivity index (χ0v) is 26.7. The van der Waals surface area contributed by atoms with Gasteiger partial charge in [0.1, 0.15) is 22.9 Å². The van der Waals surface area contributed by atoms with E-state index in [1.807, 2.05) is 109 Å². The SMILES string of the molecule is COc1ccc(-c2nn(-c3ccccc3)cc2C(=O)N2CCN(C(=O)c3cn(-c4ccccc4)nc3-c3ccc(OC)cc3)CC2)cc1. The lowest BCUT2D eigenvalue weighted by molar-refractivity contribution is 0.0536. The highest BCUT2D eigenvalue weighted by molar-refractivity contribution is 6.01. The molecule has 10 heteroatoms. The van der Waals surface area contributed by atoms with Gasteiger partial charge >= 0.3 is 0 Å². The molecule has 1 aliphatic rings. The molecule has 0 unspecified atom stereocenters. The molecule has 0 spiro atoms. The molecule has 0 atom stereocenters. The number of ether oxygens (including phenoxy) is 2. The van der Waals surface area contributed by atoms with E-state index in [2.05, 4.69) is 0 Å². The van der Waals surface area contributed by atoms with Crippen molar-refractivity contribution in [3.05, 3.63) is 133 Å². The van der Waals surface area contributed by atoms with Crippen LogP contribution in [-0.2, 0) is 0 Å². The highest BCUT2D eigenvalue weighted by Gasteiger charge is 2.30. The van der Waals surface area contributed by atoms with Gasteiger partial charge < -0.3 is 19.3 Å². The molecule has 6 aromatic rings. The molecule has 0 aliphatic carbocycles. The van der Waals surface area contributed by atoms with E-state index in [0.29, 0.717) is 48.7 Å². The number of methoxy groups -OCH3 is 2. The Labute approximate surface area is 278 Å². The molecular formula is C38H34N6O4. The first-order chi connectivity index (χ1) is 23.5. The number of carbonyl (C=O) groups is 2. The quantitative estimate of drug-likeness (QED) is 0.203. The van der Waals surface area contributed by atoms with E-state index in [-0.39, 0.29) is 11.8 Å². The van der Waals surface area contributed by atoms with Crippen LogP contribution in [0.15, 0.2) is 122 Å². The number of benzene rings is 4. The van der Waals surface area contributed by atoms with Crippen molar-refractivity contribution in [3.8, 4) is 45.4 Å². The lowest BCUT2D eigenvalue weighted by Gasteiger charge is -2.34. The first kappa shape index (κ1) is 30.5. The number of aromatic nitrogens is 4. The second-order valence-electron chi connectivity index (χ2n) is 11.4. The molecule has 0 bridgehead atoms. The maximum absolute atomic E-state index is 14.1. The summed E-state index contributed by atoms with van der Waals surface area (Å²) < 4.78 is 14.1. The van der Waals surface area contributed by atoms with Crippen molar-refractivity contribution in [2.24, 2.45) is 0 Å². The maximum Gasteiger partial charge on any atom is 0.257 e. The van der Waals surface area contributed by atoms with Gasteiger partial charge in [0, 0.05) is 49.7 Å². The Kier molecular flexibility index (Phi) is 8.44. The Bertz CT molecular complexity index is 1880. The molecule has 48 heavy (non-hydrogen) atoms. The molecule has 7 rings (SSSR count). The van der Waals surface area contributed by atoms with Gasteiger partial charge in [0.2, 0.25) is 0 Å². The summed E-state index contributed by atoms with van der Waals surface area (Å²) >= 11 is 0. The summed E-state index contributed by atoms with van der Waals surface area (Å²) in [7, 11) is 3.24. The number of para-hydroxylation sites is 2. The summed E-state index contributed by atoms with van der Waals surface area (Å²) in [5.74, 6) is 1.18. The van der Waals surface area contributed by atoms with E-state index in [4.69, 9.17) is 19.7 Å². The molecule has 0 N–H and O–H groups in total. The van der Waals surface area contributed by atoms with Crippen LogP contribution in [0.1, 0.15) is 20.7 Å². The molecule has 2 amide bonds. The average Bonchev–Trinajstić information content (AvgIpc) is 3.81. The molecule has 3 heterocycles. The van der Waals surface area contributed by atoms with E-state index in [1.54, 1.807) is 45.8 Å². The van der Waals surface area contributed by atoms with E-state index in [1.165, 1.54) is 0 Å². The van der Waals surface area contributed by atoms with E-state index in [0.717, 1.165) is 34.0 Å². The predicted molar refractivity (Wildman–Crippen MR) is 183 cm³/mol. The lowest BCUT2D eigenvalue weighted by atomic mass is 10.1. The summed E-state index contributed by atoms with van der Waals surface area (Å²) in [5.41, 5.74) is 5.48. The van der Waals surface area contributed by atoms with E-state index < -0.39 is 0 Å². The molecule has 240 valence electrons. The minimum Gasteiger partial charge on any atom is -0.497 e. The van der Waals surface area contributed by atoms with Gasteiger partial charge in [-0.15, -0.1) is 0 Å². The second kappa shape index (κ2) is 13.3. The third kappa shape index (κ3) is 6.03. The van der Waals surface area contributed by atoms with Crippen LogP contribution < -0.4 is 9.47 Å². The fourth-order valence-corrected chi connectivity index (χ4v) is 5.86. The van der Waals surface area contributed by atoms with Crippen LogP contribution in [0.3, 0.4) is 0 Å². The highest BCUT2D eigenvalue weighted by atomic mass is 16.5. The molecule has 0 radical (unpaired) electrons. The summed E-state index contributed by atoms with van der Waals surface area (Å²) in [6.45, 7) is 1.53. The van der Waals surface area contributed by atoms with Crippen molar-refractivity contribution < 1.29 is 19.1 Å². The van der Waals surface area contributed by atoms with Gasteiger partial charge in [-0.2, -0.15) is 10.2 Å². The van der Waals surface area contributed by atoms with Crippen LogP contribution in [0.2, 0.25) is 0 Å². The first-order valence-electron chi connectivity index (χ1n) is 15.7. The van der Waals surface area contributed by atoms with Crippen LogP contribution in [0.5, 0.6) is 11.5 Å². The Hall–Kier alpha value is -6.16. The third-order valence-electron chi connectivity index (χ3n) is 8.51. The minimum absolute atomic E-state index is 0.133. The zero-order chi connectivity index (χ0) is 33.0. The van der Waals surface area contributed by atoms with Gasteiger partial charge in [0.05, 0.1) is 36.7 Å². The molecule has 4 aromatic carbocycles. The number of nitrogens with zero attached hydrogens (tertiary/aromatic N) is 6. The minimum atomic E-state index is -0.133. The van der Waals surface area contributed by atoms with Crippen molar-refractivity contribution in [1.29, 1.82) is 0 Å². The number of carbonyl (C=O) groups excluding carboxylic acids is 2. The van der Waals surface area contributed by atoms with Gasteiger partial charge in [-0.1, -0.05) is 36.4 Å². The smallest absolute Gasteiger partial charge is 0.257 e. The number of amides is 2. The van der Waals surface area contributed by atoms with Crippen LogP contribution in [-0.4, -0.2) is 81.6 Å². The normalized spacial score (nSPS) is 13.0. The molecule has 2 aromatic heterocycles. The van der Waals surface area contributed by atoms with Crippen molar-refractivity contribution >= 4 is 11.8 Å². The van der Waals surface area contributed by atoms with Crippen LogP contribution >= 0.6 is 0 Å². The van der Waals surface area contributed by atoms with Crippen LogP contribution in [0.25, 0.3) is 33.9 Å². The first-order valence-corrected chi connectivity index (χ1v) is 15.7. The average molecular weight is 639 g/mol. The molecule has 1 saturated heterocycles. The largest absolute Gasteiger partial charge is 0.497 e. The number of hydrogen-bond donors (Lipinski definition) is 0. The molecule has 1 fully saturated rings.